The van der Waals surface area contributed by atoms with Crippen molar-refractivity contribution in [1.82, 2.24) is 5.32 Å². The van der Waals surface area contributed by atoms with E-state index in [1.165, 1.54) is 5.56 Å². The van der Waals surface area contributed by atoms with Crippen LogP contribution in [0, 0.1) is 0 Å². The SMILES string of the molecule is O=C(NC[C@@H]1CCCO1)c1ccccc1SCc1ccccc1. The van der Waals surface area contributed by atoms with Gasteiger partial charge in [0.25, 0.3) is 5.91 Å². The topological polar surface area (TPSA) is 38.3 Å². The summed E-state index contributed by atoms with van der Waals surface area (Å²) in [5.41, 5.74) is 2.00. The molecule has 1 aliphatic heterocycles. The molecule has 1 N–H and O–H groups in total. The fraction of sp³-hybridized carbons (Fsp3) is 0.316. The molecule has 1 amide bonds. The van der Waals surface area contributed by atoms with E-state index in [1.54, 1.807) is 11.8 Å². The van der Waals surface area contributed by atoms with Crippen LogP contribution in [0.2, 0.25) is 0 Å². The summed E-state index contributed by atoms with van der Waals surface area (Å²) in [7, 11) is 0. The molecule has 0 radical (unpaired) electrons. The van der Waals surface area contributed by atoms with E-state index in [4.69, 9.17) is 4.74 Å². The Bertz CT molecular complexity index is 639. The third-order valence-electron chi connectivity index (χ3n) is 3.88. The Kier molecular flexibility index (Phi) is 5.72. The van der Waals surface area contributed by atoms with Crippen LogP contribution in [0.3, 0.4) is 0 Å². The van der Waals surface area contributed by atoms with Gasteiger partial charge in [0.1, 0.15) is 0 Å². The number of rotatable bonds is 6. The molecule has 3 rings (SSSR count). The summed E-state index contributed by atoms with van der Waals surface area (Å²) in [5, 5.41) is 3.00. The van der Waals surface area contributed by atoms with Crippen LogP contribution in [0.1, 0.15) is 28.8 Å². The summed E-state index contributed by atoms with van der Waals surface area (Å²) < 4.78 is 5.55. The van der Waals surface area contributed by atoms with E-state index in [1.807, 2.05) is 42.5 Å². The van der Waals surface area contributed by atoms with Crippen molar-refractivity contribution in [3.05, 3.63) is 65.7 Å². The Morgan fingerprint density at radius 1 is 1.13 bits per heavy atom. The minimum atomic E-state index is -0.0170. The van der Waals surface area contributed by atoms with Gasteiger partial charge in [0, 0.05) is 23.8 Å². The summed E-state index contributed by atoms with van der Waals surface area (Å²) in [6.07, 6.45) is 2.29. The number of carbonyl (C=O) groups excluding carboxylic acids is 1. The van der Waals surface area contributed by atoms with E-state index in [9.17, 15) is 4.79 Å². The minimum Gasteiger partial charge on any atom is -0.376 e. The third-order valence-corrected chi connectivity index (χ3v) is 5.03. The van der Waals surface area contributed by atoms with Crippen LogP contribution in [-0.2, 0) is 10.5 Å². The van der Waals surface area contributed by atoms with Crippen LogP contribution >= 0.6 is 11.8 Å². The van der Waals surface area contributed by atoms with Gasteiger partial charge < -0.3 is 10.1 Å². The zero-order chi connectivity index (χ0) is 15.9. The lowest BCUT2D eigenvalue weighted by atomic mass is 10.2. The first-order chi connectivity index (χ1) is 11.3. The van der Waals surface area contributed by atoms with Gasteiger partial charge in [-0.15, -0.1) is 11.8 Å². The largest absolute Gasteiger partial charge is 0.376 e. The number of thioether (sulfide) groups is 1. The molecule has 1 atom stereocenters. The normalized spacial score (nSPS) is 17.1. The van der Waals surface area contributed by atoms with Crippen LogP contribution < -0.4 is 5.32 Å². The van der Waals surface area contributed by atoms with Crippen molar-refractivity contribution in [2.45, 2.75) is 29.6 Å². The van der Waals surface area contributed by atoms with E-state index in [0.717, 1.165) is 35.7 Å². The second kappa shape index (κ2) is 8.18. The maximum absolute atomic E-state index is 12.5. The van der Waals surface area contributed by atoms with Gasteiger partial charge in [-0.25, -0.2) is 0 Å². The van der Waals surface area contributed by atoms with Crippen molar-refractivity contribution in [3.63, 3.8) is 0 Å². The highest BCUT2D eigenvalue weighted by Gasteiger charge is 2.17. The molecule has 2 aromatic rings. The van der Waals surface area contributed by atoms with Crippen LogP contribution in [-0.4, -0.2) is 25.2 Å². The Hall–Kier alpha value is -1.78. The van der Waals surface area contributed by atoms with Gasteiger partial charge in [-0.1, -0.05) is 42.5 Å². The second-order valence-corrected chi connectivity index (χ2v) is 6.63. The summed E-state index contributed by atoms with van der Waals surface area (Å²) in [4.78, 5) is 13.5. The van der Waals surface area contributed by atoms with Gasteiger partial charge in [-0.2, -0.15) is 0 Å². The van der Waals surface area contributed by atoms with Crippen LogP contribution in [0.15, 0.2) is 59.5 Å². The average Bonchev–Trinajstić information content (AvgIpc) is 3.12. The molecule has 2 aromatic carbocycles. The van der Waals surface area contributed by atoms with E-state index in [2.05, 4.69) is 17.4 Å². The molecule has 0 aliphatic carbocycles. The lowest BCUT2D eigenvalue weighted by Crippen LogP contribution is -2.32. The number of benzene rings is 2. The Balaban J connectivity index is 1.61. The predicted molar refractivity (Wildman–Crippen MR) is 93.8 cm³/mol. The van der Waals surface area contributed by atoms with Gasteiger partial charge in [-0.3, -0.25) is 4.79 Å². The number of hydrogen-bond acceptors (Lipinski definition) is 3. The Labute approximate surface area is 141 Å². The smallest absolute Gasteiger partial charge is 0.252 e. The van der Waals surface area contributed by atoms with Crippen molar-refractivity contribution in [2.24, 2.45) is 0 Å². The van der Waals surface area contributed by atoms with Gasteiger partial charge in [0.2, 0.25) is 0 Å². The zero-order valence-electron chi connectivity index (χ0n) is 13.0. The summed E-state index contributed by atoms with van der Waals surface area (Å²) >= 11 is 1.69. The van der Waals surface area contributed by atoms with Crippen molar-refractivity contribution in [1.29, 1.82) is 0 Å². The molecule has 0 aromatic heterocycles. The molecule has 120 valence electrons. The fourth-order valence-corrected chi connectivity index (χ4v) is 3.63. The minimum absolute atomic E-state index is 0.0170. The summed E-state index contributed by atoms with van der Waals surface area (Å²) in [6.45, 7) is 1.40. The number of hydrogen-bond donors (Lipinski definition) is 1. The van der Waals surface area contributed by atoms with E-state index in [0.29, 0.717) is 6.54 Å². The zero-order valence-corrected chi connectivity index (χ0v) is 13.9. The number of ether oxygens (including phenoxy) is 1. The average molecular weight is 327 g/mol. The van der Waals surface area contributed by atoms with Crippen LogP contribution in [0.25, 0.3) is 0 Å². The molecule has 1 saturated heterocycles. The lowest BCUT2D eigenvalue weighted by molar-refractivity contribution is 0.0855. The van der Waals surface area contributed by atoms with Gasteiger partial charge in [0.05, 0.1) is 11.7 Å². The summed E-state index contributed by atoms with van der Waals surface area (Å²) in [6, 6.07) is 18.1. The molecule has 23 heavy (non-hydrogen) atoms. The molecule has 0 saturated carbocycles. The van der Waals surface area contributed by atoms with E-state index >= 15 is 0 Å². The molecule has 1 heterocycles. The van der Waals surface area contributed by atoms with Crippen molar-refractivity contribution in [2.75, 3.05) is 13.2 Å². The molecular formula is C19H21NO2S. The first-order valence-corrected chi connectivity index (χ1v) is 8.97. The number of amides is 1. The van der Waals surface area contributed by atoms with Crippen LogP contribution in [0.5, 0.6) is 0 Å². The first-order valence-electron chi connectivity index (χ1n) is 7.98. The number of nitrogens with one attached hydrogen (secondary N) is 1. The maximum Gasteiger partial charge on any atom is 0.252 e. The van der Waals surface area contributed by atoms with E-state index in [-0.39, 0.29) is 12.0 Å². The molecule has 0 spiro atoms. The van der Waals surface area contributed by atoms with Crippen molar-refractivity contribution >= 4 is 17.7 Å². The molecule has 4 heteroatoms. The summed E-state index contributed by atoms with van der Waals surface area (Å²) in [5.74, 6) is 0.841. The molecule has 0 bridgehead atoms. The second-order valence-electron chi connectivity index (χ2n) is 5.62. The Morgan fingerprint density at radius 3 is 2.70 bits per heavy atom. The van der Waals surface area contributed by atoms with Crippen molar-refractivity contribution < 1.29 is 9.53 Å². The van der Waals surface area contributed by atoms with Crippen LogP contribution in [0.4, 0.5) is 0 Å². The van der Waals surface area contributed by atoms with Gasteiger partial charge in [0.15, 0.2) is 0 Å². The fourth-order valence-electron chi connectivity index (χ4n) is 2.62. The third kappa shape index (κ3) is 4.60. The maximum atomic E-state index is 12.5. The highest BCUT2D eigenvalue weighted by atomic mass is 32.2. The predicted octanol–water partition coefficient (Wildman–Crippen LogP) is 3.89. The lowest BCUT2D eigenvalue weighted by Gasteiger charge is -2.13. The molecular weight excluding hydrogens is 306 g/mol. The number of carbonyl (C=O) groups is 1. The van der Waals surface area contributed by atoms with Crippen molar-refractivity contribution in [3.8, 4) is 0 Å². The Morgan fingerprint density at radius 2 is 1.91 bits per heavy atom. The molecule has 3 nitrogen and oxygen atoms in total. The van der Waals surface area contributed by atoms with E-state index < -0.39 is 0 Å². The quantitative estimate of drug-likeness (QED) is 0.818. The standard InChI is InChI=1S/C19H21NO2S/c21-19(20-13-16-9-6-12-22-16)17-10-4-5-11-18(17)23-14-15-7-2-1-3-8-15/h1-5,7-8,10-11,16H,6,9,12-14H2,(H,20,21)/t16-/m0/s1. The molecule has 0 unspecified atom stereocenters. The molecule has 1 aliphatic rings. The highest BCUT2D eigenvalue weighted by molar-refractivity contribution is 7.98. The molecule has 1 fully saturated rings. The first kappa shape index (κ1) is 16.1. The monoisotopic (exact) mass is 327 g/mol. The van der Waals surface area contributed by atoms with Gasteiger partial charge in [-0.05, 0) is 30.5 Å². The highest BCUT2D eigenvalue weighted by Crippen LogP contribution is 2.26. The van der Waals surface area contributed by atoms with Gasteiger partial charge >= 0.3 is 0 Å².